The van der Waals surface area contributed by atoms with Crippen LogP contribution in [0.3, 0.4) is 0 Å². The Balaban J connectivity index is 1.31. The Hall–Kier alpha value is -2.83. The number of imidazole rings is 1. The van der Waals surface area contributed by atoms with Crippen LogP contribution < -0.4 is 15.4 Å². The number of carbonyl (C=O) groups is 2. The zero-order chi connectivity index (χ0) is 20.5. The van der Waals surface area contributed by atoms with E-state index in [1.807, 2.05) is 37.3 Å². The summed E-state index contributed by atoms with van der Waals surface area (Å²) in [4.78, 5) is 31.4. The number of nitrogens with one attached hydrogen (secondary N) is 3. The molecule has 7 nitrogen and oxygen atoms in total. The Morgan fingerprint density at radius 1 is 1.24 bits per heavy atom. The molecule has 0 unspecified atom stereocenters. The SMILES string of the molecule is Cc1ncc(C(=O)N[C@H]2CCC[C@@H](CNC(=O)CCCOc3ccccc3)C2)[nH]1. The number of aryl methyl sites for hydroxylation is 1. The fourth-order valence-corrected chi connectivity index (χ4v) is 3.69. The van der Waals surface area contributed by atoms with Crippen molar-refractivity contribution in [3.8, 4) is 5.75 Å². The summed E-state index contributed by atoms with van der Waals surface area (Å²) >= 11 is 0. The Morgan fingerprint density at radius 2 is 2.07 bits per heavy atom. The monoisotopic (exact) mass is 398 g/mol. The van der Waals surface area contributed by atoms with Crippen LogP contribution in [-0.2, 0) is 4.79 Å². The summed E-state index contributed by atoms with van der Waals surface area (Å²) in [7, 11) is 0. The van der Waals surface area contributed by atoms with E-state index < -0.39 is 0 Å². The average Bonchev–Trinajstić information content (AvgIpc) is 3.17. The molecule has 29 heavy (non-hydrogen) atoms. The molecule has 1 aliphatic rings. The van der Waals surface area contributed by atoms with Gasteiger partial charge in [-0.1, -0.05) is 24.6 Å². The van der Waals surface area contributed by atoms with Gasteiger partial charge < -0.3 is 20.4 Å². The first-order valence-corrected chi connectivity index (χ1v) is 10.4. The molecule has 3 N–H and O–H groups in total. The standard InChI is InChI=1S/C22H30N4O3/c1-16-23-15-20(25-16)22(28)26-18-8-5-7-17(13-18)14-24-21(27)11-6-12-29-19-9-3-2-4-10-19/h2-4,9-10,15,17-18H,5-8,11-14H2,1H3,(H,23,25)(H,24,27)(H,26,28)/t17-,18+/m1/s1. The summed E-state index contributed by atoms with van der Waals surface area (Å²) < 4.78 is 5.61. The highest BCUT2D eigenvalue weighted by molar-refractivity contribution is 5.92. The maximum Gasteiger partial charge on any atom is 0.269 e. The van der Waals surface area contributed by atoms with Crippen LogP contribution in [0.1, 0.15) is 54.8 Å². The predicted molar refractivity (Wildman–Crippen MR) is 111 cm³/mol. The Labute approximate surface area is 171 Å². The van der Waals surface area contributed by atoms with Crippen LogP contribution in [-0.4, -0.2) is 41.0 Å². The molecule has 1 aliphatic carbocycles. The van der Waals surface area contributed by atoms with Crippen molar-refractivity contribution in [2.45, 2.75) is 51.5 Å². The molecular formula is C22H30N4O3. The van der Waals surface area contributed by atoms with E-state index >= 15 is 0 Å². The van der Waals surface area contributed by atoms with Crippen molar-refractivity contribution in [2.24, 2.45) is 5.92 Å². The number of rotatable bonds is 9. The van der Waals surface area contributed by atoms with Crippen LogP contribution in [0.15, 0.2) is 36.5 Å². The van der Waals surface area contributed by atoms with Gasteiger partial charge >= 0.3 is 0 Å². The molecular weight excluding hydrogens is 368 g/mol. The molecule has 1 heterocycles. The first-order valence-electron chi connectivity index (χ1n) is 10.4. The van der Waals surface area contributed by atoms with Crippen LogP contribution >= 0.6 is 0 Å². The molecule has 1 saturated carbocycles. The summed E-state index contributed by atoms with van der Waals surface area (Å²) in [6.07, 6.45) is 6.70. The maximum absolute atomic E-state index is 12.3. The molecule has 0 aliphatic heterocycles. The van der Waals surface area contributed by atoms with E-state index in [1.54, 1.807) is 6.20 Å². The van der Waals surface area contributed by atoms with E-state index in [9.17, 15) is 9.59 Å². The number of aromatic nitrogens is 2. The van der Waals surface area contributed by atoms with E-state index in [0.29, 0.717) is 37.6 Å². The third-order valence-electron chi connectivity index (χ3n) is 5.21. The van der Waals surface area contributed by atoms with E-state index in [2.05, 4.69) is 20.6 Å². The van der Waals surface area contributed by atoms with Crippen molar-refractivity contribution in [2.75, 3.05) is 13.2 Å². The van der Waals surface area contributed by atoms with Gasteiger partial charge in [0.15, 0.2) is 0 Å². The van der Waals surface area contributed by atoms with Gasteiger partial charge in [0.05, 0.1) is 12.8 Å². The zero-order valence-corrected chi connectivity index (χ0v) is 16.9. The zero-order valence-electron chi connectivity index (χ0n) is 16.9. The second-order valence-corrected chi connectivity index (χ2v) is 7.65. The summed E-state index contributed by atoms with van der Waals surface area (Å²) in [6.45, 7) is 3.01. The molecule has 0 bridgehead atoms. The van der Waals surface area contributed by atoms with Gasteiger partial charge in [0.2, 0.25) is 5.91 Å². The lowest BCUT2D eigenvalue weighted by atomic mass is 9.85. The molecule has 0 spiro atoms. The molecule has 3 rings (SSSR count). The van der Waals surface area contributed by atoms with Crippen molar-refractivity contribution in [3.63, 3.8) is 0 Å². The number of carbonyl (C=O) groups excluding carboxylic acids is 2. The number of amides is 2. The average molecular weight is 399 g/mol. The number of benzene rings is 1. The van der Waals surface area contributed by atoms with Crippen LogP contribution in [0.25, 0.3) is 0 Å². The molecule has 2 atom stereocenters. The summed E-state index contributed by atoms with van der Waals surface area (Å²) in [5.41, 5.74) is 0.496. The van der Waals surface area contributed by atoms with Gasteiger partial charge in [-0.25, -0.2) is 4.98 Å². The van der Waals surface area contributed by atoms with E-state index in [0.717, 1.165) is 37.3 Å². The lowest BCUT2D eigenvalue weighted by Crippen LogP contribution is -2.41. The highest BCUT2D eigenvalue weighted by atomic mass is 16.5. The second-order valence-electron chi connectivity index (χ2n) is 7.65. The first-order chi connectivity index (χ1) is 14.1. The Morgan fingerprint density at radius 3 is 2.83 bits per heavy atom. The predicted octanol–water partition coefficient (Wildman–Crippen LogP) is 2.98. The molecule has 1 aromatic carbocycles. The smallest absolute Gasteiger partial charge is 0.269 e. The van der Waals surface area contributed by atoms with Crippen molar-refractivity contribution in [1.29, 1.82) is 0 Å². The number of hydrogen-bond donors (Lipinski definition) is 3. The molecule has 0 saturated heterocycles. The number of hydrogen-bond acceptors (Lipinski definition) is 4. The number of para-hydroxylation sites is 1. The minimum Gasteiger partial charge on any atom is -0.494 e. The molecule has 2 aromatic rings. The molecule has 1 aromatic heterocycles. The minimum atomic E-state index is -0.112. The fraction of sp³-hybridized carbons (Fsp3) is 0.500. The van der Waals surface area contributed by atoms with Crippen molar-refractivity contribution in [1.82, 2.24) is 20.6 Å². The highest BCUT2D eigenvalue weighted by Gasteiger charge is 2.24. The fourth-order valence-electron chi connectivity index (χ4n) is 3.69. The van der Waals surface area contributed by atoms with Gasteiger partial charge in [-0.2, -0.15) is 0 Å². The van der Waals surface area contributed by atoms with Crippen LogP contribution in [0.2, 0.25) is 0 Å². The number of ether oxygens (including phenoxy) is 1. The maximum atomic E-state index is 12.3. The highest BCUT2D eigenvalue weighted by Crippen LogP contribution is 2.24. The normalized spacial score (nSPS) is 18.8. The first kappa shape index (κ1) is 20.9. The lowest BCUT2D eigenvalue weighted by Gasteiger charge is -2.29. The molecule has 1 fully saturated rings. The molecule has 7 heteroatoms. The topological polar surface area (TPSA) is 96.1 Å². The molecule has 156 valence electrons. The van der Waals surface area contributed by atoms with Crippen LogP contribution in [0.5, 0.6) is 5.75 Å². The van der Waals surface area contributed by atoms with Gasteiger partial charge in [0, 0.05) is 19.0 Å². The van der Waals surface area contributed by atoms with Crippen LogP contribution in [0, 0.1) is 12.8 Å². The van der Waals surface area contributed by atoms with Gasteiger partial charge in [0.1, 0.15) is 17.3 Å². The summed E-state index contributed by atoms with van der Waals surface area (Å²) in [5.74, 6) is 1.89. The Kier molecular flexibility index (Phi) is 7.67. The van der Waals surface area contributed by atoms with Crippen molar-refractivity contribution >= 4 is 11.8 Å². The van der Waals surface area contributed by atoms with Gasteiger partial charge in [-0.3, -0.25) is 9.59 Å². The second kappa shape index (κ2) is 10.6. The van der Waals surface area contributed by atoms with Crippen LogP contribution in [0.4, 0.5) is 0 Å². The summed E-state index contributed by atoms with van der Waals surface area (Å²) in [6, 6.07) is 9.76. The quantitative estimate of drug-likeness (QED) is 0.566. The third-order valence-corrected chi connectivity index (χ3v) is 5.21. The minimum absolute atomic E-state index is 0.0563. The molecule has 0 radical (unpaired) electrons. The Bertz CT molecular complexity index is 790. The van der Waals surface area contributed by atoms with Gasteiger partial charge in [0.25, 0.3) is 5.91 Å². The van der Waals surface area contributed by atoms with Crippen molar-refractivity contribution in [3.05, 3.63) is 48.0 Å². The van der Waals surface area contributed by atoms with Crippen molar-refractivity contribution < 1.29 is 14.3 Å². The van der Waals surface area contributed by atoms with Gasteiger partial charge in [-0.15, -0.1) is 0 Å². The third kappa shape index (κ3) is 6.93. The van der Waals surface area contributed by atoms with E-state index in [-0.39, 0.29) is 17.9 Å². The van der Waals surface area contributed by atoms with E-state index in [4.69, 9.17) is 4.74 Å². The summed E-state index contributed by atoms with van der Waals surface area (Å²) in [5, 5.41) is 6.12. The largest absolute Gasteiger partial charge is 0.494 e. The van der Waals surface area contributed by atoms with Gasteiger partial charge in [-0.05, 0) is 50.7 Å². The molecule has 2 amide bonds. The number of aromatic amines is 1. The number of nitrogens with zero attached hydrogens (tertiary/aromatic N) is 1. The number of H-pyrrole nitrogens is 1. The van der Waals surface area contributed by atoms with E-state index in [1.165, 1.54) is 0 Å². The lowest BCUT2D eigenvalue weighted by molar-refractivity contribution is -0.121.